The van der Waals surface area contributed by atoms with Crippen molar-refractivity contribution in [2.24, 2.45) is 0 Å². The molecule has 0 spiro atoms. The largest absolute Gasteiger partial charge is 0.493 e. The predicted molar refractivity (Wildman–Crippen MR) is 87.5 cm³/mol. The Labute approximate surface area is 140 Å². The summed E-state index contributed by atoms with van der Waals surface area (Å²) in [5.74, 6) is 0.170. The number of halogens is 1. The monoisotopic (exact) mass is 335 g/mol. The Kier molecular flexibility index (Phi) is 6.17. The molecule has 24 heavy (non-hydrogen) atoms. The van der Waals surface area contributed by atoms with Gasteiger partial charge in [0.05, 0.1) is 26.6 Å². The summed E-state index contributed by atoms with van der Waals surface area (Å²) in [7, 11) is 2.93. The first-order valence-corrected chi connectivity index (χ1v) is 7.71. The molecule has 0 saturated carbocycles. The van der Waals surface area contributed by atoms with Gasteiger partial charge in [-0.3, -0.25) is 4.79 Å². The molecule has 130 valence electrons. The van der Waals surface area contributed by atoms with Gasteiger partial charge >= 0.3 is 0 Å². The lowest BCUT2D eigenvalue weighted by Gasteiger charge is -2.17. The number of aromatic nitrogens is 2. The van der Waals surface area contributed by atoms with Crippen molar-refractivity contribution in [2.45, 2.75) is 32.4 Å². The molecule has 2 rings (SSSR count). The van der Waals surface area contributed by atoms with Crippen molar-refractivity contribution in [3.8, 4) is 11.5 Å². The highest BCUT2D eigenvalue weighted by molar-refractivity contribution is 5.76. The fraction of sp³-hybridized carbons (Fsp3) is 0.412. The van der Waals surface area contributed by atoms with Crippen molar-refractivity contribution in [3.63, 3.8) is 0 Å². The van der Waals surface area contributed by atoms with Crippen LogP contribution in [0.2, 0.25) is 0 Å². The number of ether oxygens (including phenoxy) is 2. The highest BCUT2D eigenvalue weighted by atomic mass is 19.1. The summed E-state index contributed by atoms with van der Waals surface area (Å²) >= 11 is 0. The maximum absolute atomic E-state index is 14.2. The number of benzene rings is 1. The van der Waals surface area contributed by atoms with Gasteiger partial charge in [-0.25, -0.2) is 9.37 Å². The van der Waals surface area contributed by atoms with Crippen LogP contribution in [0, 0.1) is 5.82 Å². The summed E-state index contributed by atoms with van der Waals surface area (Å²) in [5.41, 5.74) is 0.357. The van der Waals surface area contributed by atoms with E-state index in [1.807, 2.05) is 10.8 Å². The number of imidazole rings is 1. The predicted octanol–water partition coefficient (Wildman–Crippen LogP) is 2.70. The average Bonchev–Trinajstić information content (AvgIpc) is 3.07. The number of methoxy groups -OCH3 is 2. The minimum Gasteiger partial charge on any atom is -0.493 e. The molecule has 0 fully saturated rings. The smallest absolute Gasteiger partial charge is 0.220 e. The molecule has 0 saturated heterocycles. The number of nitrogens with zero attached hydrogens (tertiary/aromatic N) is 2. The van der Waals surface area contributed by atoms with Crippen LogP contribution in [0.5, 0.6) is 11.5 Å². The van der Waals surface area contributed by atoms with Crippen molar-refractivity contribution >= 4 is 5.91 Å². The van der Waals surface area contributed by atoms with Gasteiger partial charge in [0.15, 0.2) is 11.5 Å². The Hall–Kier alpha value is -2.57. The van der Waals surface area contributed by atoms with Gasteiger partial charge < -0.3 is 19.4 Å². The summed E-state index contributed by atoms with van der Waals surface area (Å²) in [6.07, 6.45) is 6.29. The Morgan fingerprint density at radius 2 is 2.04 bits per heavy atom. The van der Waals surface area contributed by atoms with Crippen molar-refractivity contribution < 1.29 is 18.7 Å². The molecular formula is C17H22FN3O3. The fourth-order valence-electron chi connectivity index (χ4n) is 2.43. The van der Waals surface area contributed by atoms with Crippen LogP contribution in [0.15, 0.2) is 30.9 Å². The molecule has 1 atom stereocenters. The molecule has 7 heteroatoms. The molecular weight excluding hydrogens is 313 g/mol. The summed E-state index contributed by atoms with van der Waals surface area (Å²) in [6.45, 7) is 2.45. The van der Waals surface area contributed by atoms with Gasteiger partial charge in [0.25, 0.3) is 0 Å². The molecule has 1 N–H and O–H groups in total. The Morgan fingerprint density at radius 3 is 2.67 bits per heavy atom. The van der Waals surface area contributed by atoms with E-state index in [9.17, 15) is 9.18 Å². The normalized spacial score (nSPS) is 11.8. The summed E-state index contributed by atoms with van der Waals surface area (Å²) in [6, 6.07) is 2.34. The third kappa shape index (κ3) is 4.47. The van der Waals surface area contributed by atoms with Crippen molar-refractivity contribution in [3.05, 3.63) is 42.2 Å². The molecule has 0 aliphatic heterocycles. The molecule has 0 radical (unpaired) electrons. The highest BCUT2D eigenvalue weighted by Gasteiger charge is 2.17. The number of carbonyl (C=O) groups excluding carboxylic acids is 1. The topological polar surface area (TPSA) is 65.4 Å². The van der Waals surface area contributed by atoms with Gasteiger partial charge in [0, 0.05) is 37.0 Å². The van der Waals surface area contributed by atoms with Gasteiger partial charge in [-0.15, -0.1) is 0 Å². The SMILES string of the molecule is COc1cc(F)c([C@@H](C)NC(=O)CCCn2ccnc2)cc1OC. The maximum atomic E-state index is 14.2. The first kappa shape index (κ1) is 17.8. The zero-order chi connectivity index (χ0) is 17.5. The number of hydrogen-bond donors (Lipinski definition) is 1. The minimum atomic E-state index is -0.467. The van der Waals surface area contributed by atoms with Crippen LogP contribution in [0.1, 0.15) is 31.4 Å². The van der Waals surface area contributed by atoms with Crippen LogP contribution in [-0.2, 0) is 11.3 Å². The summed E-state index contributed by atoms with van der Waals surface area (Å²) in [5, 5.41) is 2.81. The molecule has 1 aromatic heterocycles. The first-order chi connectivity index (χ1) is 11.5. The molecule has 0 bridgehead atoms. The molecule has 2 aromatic rings. The van der Waals surface area contributed by atoms with Crippen LogP contribution in [0.3, 0.4) is 0 Å². The van der Waals surface area contributed by atoms with E-state index in [0.717, 1.165) is 0 Å². The number of rotatable bonds is 8. The number of hydrogen-bond acceptors (Lipinski definition) is 4. The lowest BCUT2D eigenvalue weighted by Crippen LogP contribution is -2.27. The van der Waals surface area contributed by atoms with E-state index in [0.29, 0.717) is 36.4 Å². The van der Waals surface area contributed by atoms with E-state index < -0.39 is 11.9 Å². The zero-order valence-corrected chi connectivity index (χ0v) is 14.1. The maximum Gasteiger partial charge on any atom is 0.220 e. The van der Waals surface area contributed by atoms with E-state index in [1.165, 1.54) is 20.3 Å². The molecule has 1 amide bonds. The first-order valence-electron chi connectivity index (χ1n) is 7.71. The third-order valence-electron chi connectivity index (χ3n) is 3.73. The standard InChI is InChI=1S/C17H22FN3O3/c1-12(13-9-15(23-2)16(24-3)10-14(13)18)20-17(22)5-4-7-21-8-6-19-11-21/h6,8-12H,4-5,7H2,1-3H3,(H,20,22)/t12-/m1/s1. The number of nitrogens with one attached hydrogen (secondary N) is 1. The molecule has 1 aromatic carbocycles. The zero-order valence-electron chi connectivity index (χ0n) is 14.1. The average molecular weight is 335 g/mol. The van der Waals surface area contributed by atoms with Crippen molar-refractivity contribution in [1.82, 2.24) is 14.9 Å². The molecule has 0 aliphatic carbocycles. The molecule has 6 nitrogen and oxygen atoms in total. The lowest BCUT2D eigenvalue weighted by molar-refractivity contribution is -0.121. The van der Waals surface area contributed by atoms with E-state index in [4.69, 9.17) is 9.47 Å². The van der Waals surface area contributed by atoms with Gasteiger partial charge in [-0.1, -0.05) is 0 Å². The van der Waals surface area contributed by atoms with Crippen molar-refractivity contribution in [2.75, 3.05) is 14.2 Å². The quantitative estimate of drug-likeness (QED) is 0.805. The second-order valence-corrected chi connectivity index (χ2v) is 5.42. The number of amides is 1. The van der Waals surface area contributed by atoms with Gasteiger partial charge in [0.1, 0.15) is 5.82 Å². The van der Waals surface area contributed by atoms with Crippen LogP contribution in [-0.4, -0.2) is 29.7 Å². The van der Waals surface area contributed by atoms with Crippen LogP contribution >= 0.6 is 0 Å². The third-order valence-corrected chi connectivity index (χ3v) is 3.73. The van der Waals surface area contributed by atoms with E-state index in [1.54, 1.807) is 25.5 Å². The Bertz CT molecular complexity index is 674. The minimum absolute atomic E-state index is 0.128. The Balaban J connectivity index is 1.93. The van der Waals surface area contributed by atoms with E-state index >= 15 is 0 Å². The van der Waals surface area contributed by atoms with Gasteiger partial charge in [-0.2, -0.15) is 0 Å². The van der Waals surface area contributed by atoms with Crippen LogP contribution in [0.25, 0.3) is 0 Å². The van der Waals surface area contributed by atoms with E-state index in [2.05, 4.69) is 10.3 Å². The molecule has 0 unspecified atom stereocenters. The second kappa shape index (κ2) is 8.33. The highest BCUT2D eigenvalue weighted by Crippen LogP contribution is 2.32. The Morgan fingerprint density at radius 1 is 1.33 bits per heavy atom. The van der Waals surface area contributed by atoms with Crippen molar-refractivity contribution in [1.29, 1.82) is 0 Å². The number of carbonyl (C=O) groups is 1. The summed E-state index contributed by atoms with van der Waals surface area (Å²) < 4.78 is 26.3. The molecule has 1 heterocycles. The van der Waals surface area contributed by atoms with E-state index in [-0.39, 0.29) is 5.91 Å². The van der Waals surface area contributed by atoms with Crippen LogP contribution < -0.4 is 14.8 Å². The second-order valence-electron chi connectivity index (χ2n) is 5.42. The van der Waals surface area contributed by atoms with Gasteiger partial charge in [-0.05, 0) is 19.4 Å². The van der Waals surface area contributed by atoms with Gasteiger partial charge in [0.2, 0.25) is 5.91 Å². The summed E-state index contributed by atoms with van der Waals surface area (Å²) in [4.78, 5) is 16.0. The lowest BCUT2D eigenvalue weighted by atomic mass is 10.1. The number of aryl methyl sites for hydroxylation is 1. The van der Waals surface area contributed by atoms with Crippen LogP contribution in [0.4, 0.5) is 4.39 Å². The fourth-order valence-corrected chi connectivity index (χ4v) is 2.43. The molecule has 0 aliphatic rings.